The summed E-state index contributed by atoms with van der Waals surface area (Å²) < 4.78 is 13.0. The summed E-state index contributed by atoms with van der Waals surface area (Å²) in [6.07, 6.45) is 8.41. The van der Waals surface area contributed by atoms with Crippen molar-refractivity contribution in [2.24, 2.45) is 0 Å². The molecule has 0 spiro atoms. The molecule has 3 atom stereocenters. The number of hydrogen-bond donors (Lipinski definition) is 4. The number of nitrogens with one attached hydrogen (secondary N) is 2. The molecule has 2 aliphatic rings. The van der Waals surface area contributed by atoms with E-state index in [1.165, 1.54) is 25.7 Å². The van der Waals surface area contributed by atoms with Gasteiger partial charge >= 0.3 is 0 Å². The fraction of sp³-hybridized carbons (Fsp3) is 0.500. The zero-order valence-electron chi connectivity index (χ0n) is 23.7. The summed E-state index contributed by atoms with van der Waals surface area (Å²) in [5.74, 6) is -0.584. The topological polar surface area (TPSA) is 120 Å². The minimum atomic E-state index is -0.562. The number of aliphatic hydroxyl groups is 1. The van der Waals surface area contributed by atoms with Crippen LogP contribution in [0.25, 0.3) is 0 Å². The number of nitrogens with zero attached hydrogens (tertiary/aromatic N) is 1. The number of carbonyl (C=O) groups is 2. The van der Waals surface area contributed by atoms with Crippen molar-refractivity contribution in [1.29, 1.82) is 0 Å². The molecule has 1 aliphatic heterocycles. The van der Waals surface area contributed by atoms with E-state index in [2.05, 4.69) is 16.8 Å². The summed E-state index contributed by atoms with van der Waals surface area (Å²) in [5.41, 5.74) is 5.06. The zero-order chi connectivity index (χ0) is 29.0. The van der Waals surface area contributed by atoms with E-state index in [0.717, 1.165) is 36.2 Å². The predicted octanol–water partition coefficient (Wildman–Crippen LogP) is 5.16. The second-order valence-corrected chi connectivity index (χ2v) is 10.9. The highest BCUT2D eigenvalue weighted by Gasteiger charge is 2.34. The molecule has 0 unspecified atom stereocenters. The van der Waals surface area contributed by atoms with Gasteiger partial charge < -0.3 is 19.9 Å². The van der Waals surface area contributed by atoms with E-state index in [0.29, 0.717) is 24.6 Å². The molecule has 2 amide bonds. The molecular weight excluding hydrogens is 522 g/mol. The largest absolute Gasteiger partial charge is 0.392 e. The molecule has 2 aromatic carbocycles. The summed E-state index contributed by atoms with van der Waals surface area (Å²) in [4.78, 5) is 25.9. The number of carbonyl (C=O) groups excluding carboxylic acids is 2. The molecule has 4 rings (SSSR count). The molecule has 2 aromatic rings. The van der Waals surface area contributed by atoms with Gasteiger partial charge in [-0.1, -0.05) is 55.3 Å². The van der Waals surface area contributed by atoms with Crippen molar-refractivity contribution in [2.45, 2.75) is 88.9 Å². The number of ether oxygens (including phenoxy) is 2. The highest BCUT2D eigenvalue weighted by atomic mass is 16.7. The van der Waals surface area contributed by atoms with Gasteiger partial charge in [-0.3, -0.25) is 19.7 Å². The maximum Gasteiger partial charge on any atom is 0.243 e. The molecule has 1 saturated heterocycles. The van der Waals surface area contributed by atoms with Crippen LogP contribution in [-0.2, 0) is 25.7 Å². The predicted molar refractivity (Wildman–Crippen MR) is 156 cm³/mol. The van der Waals surface area contributed by atoms with Crippen molar-refractivity contribution in [3.8, 4) is 0 Å². The Bertz CT molecular complexity index is 1120. The van der Waals surface area contributed by atoms with Crippen LogP contribution < -0.4 is 10.8 Å². The first-order valence-electron chi connectivity index (χ1n) is 14.7. The number of anilines is 1. The van der Waals surface area contributed by atoms with E-state index in [1.54, 1.807) is 5.48 Å². The number of benzene rings is 2. The number of aliphatic hydroxyl groups excluding tert-OH is 1. The van der Waals surface area contributed by atoms with Gasteiger partial charge in [0.05, 0.1) is 18.8 Å². The molecule has 0 radical (unpaired) electrons. The van der Waals surface area contributed by atoms with Gasteiger partial charge in [0, 0.05) is 49.6 Å². The quantitative estimate of drug-likeness (QED) is 0.108. The van der Waals surface area contributed by atoms with Gasteiger partial charge in [-0.05, 0) is 48.9 Å². The summed E-state index contributed by atoms with van der Waals surface area (Å²) in [7, 11) is 0. The van der Waals surface area contributed by atoms with Gasteiger partial charge in [0.25, 0.3) is 0 Å². The van der Waals surface area contributed by atoms with Gasteiger partial charge in [-0.15, -0.1) is 6.58 Å². The molecule has 41 heavy (non-hydrogen) atoms. The molecule has 0 bridgehead atoms. The van der Waals surface area contributed by atoms with Crippen molar-refractivity contribution in [3.05, 3.63) is 77.9 Å². The van der Waals surface area contributed by atoms with Crippen LogP contribution in [0.15, 0.2) is 61.2 Å². The van der Waals surface area contributed by atoms with Crippen LogP contribution in [0.2, 0.25) is 0 Å². The third-order valence-electron chi connectivity index (χ3n) is 7.91. The normalized spacial score (nSPS) is 21.1. The Morgan fingerprint density at radius 1 is 0.951 bits per heavy atom. The summed E-state index contributed by atoms with van der Waals surface area (Å²) in [6.45, 7) is 5.62. The third kappa shape index (κ3) is 9.21. The number of hydroxylamine groups is 1. The number of unbranched alkanes of at least 4 members (excludes halogenated alkanes) is 1. The van der Waals surface area contributed by atoms with Gasteiger partial charge in [0.2, 0.25) is 11.8 Å². The first-order chi connectivity index (χ1) is 20.0. The molecule has 222 valence electrons. The minimum absolute atomic E-state index is 0.00181. The lowest BCUT2D eigenvalue weighted by molar-refractivity contribution is -0.253. The summed E-state index contributed by atoms with van der Waals surface area (Å²) in [6, 6.07) is 16.0. The minimum Gasteiger partial charge on any atom is -0.392 e. The number of hydrogen-bond acceptors (Lipinski definition) is 7. The Hall–Kier alpha value is -3.08. The Balaban J connectivity index is 1.42. The molecule has 9 nitrogen and oxygen atoms in total. The smallest absolute Gasteiger partial charge is 0.243 e. The molecule has 4 N–H and O–H groups in total. The van der Waals surface area contributed by atoms with Crippen LogP contribution in [0.1, 0.15) is 86.9 Å². The van der Waals surface area contributed by atoms with Crippen molar-refractivity contribution >= 4 is 17.5 Å². The number of rotatable bonds is 14. The fourth-order valence-electron chi connectivity index (χ4n) is 5.68. The molecule has 1 saturated carbocycles. The first kappa shape index (κ1) is 30.9. The van der Waals surface area contributed by atoms with E-state index in [4.69, 9.17) is 14.7 Å². The first-order valence-corrected chi connectivity index (χ1v) is 14.7. The van der Waals surface area contributed by atoms with Gasteiger partial charge in [-0.2, -0.15) is 0 Å². The average molecular weight is 566 g/mol. The van der Waals surface area contributed by atoms with Gasteiger partial charge in [0.1, 0.15) is 0 Å². The maximum atomic E-state index is 12.3. The molecular formula is C32H43N3O6. The van der Waals surface area contributed by atoms with Crippen LogP contribution in [0, 0.1) is 0 Å². The average Bonchev–Trinajstić information content (AvgIpc) is 3.54. The van der Waals surface area contributed by atoms with Gasteiger partial charge in [0.15, 0.2) is 6.29 Å². The van der Waals surface area contributed by atoms with Crippen molar-refractivity contribution < 1.29 is 29.4 Å². The van der Waals surface area contributed by atoms with Crippen LogP contribution in [-0.4, -0.2) is 52.3 Å². The molecule has 1 aliphatic carbocycles. The lowest BCUT2D eigenvalue weighted by Gasteiger charge is -2.39. The van der Waals surface area contributed by atoms with Crippen molar-refractivity contribution in [2.75, 3.05) is 18.4 Å². The highest BCUT2D eigenvalue weighted by molar-refractivity contribution is 5.90. The lowest BCUT2D eigenvalue weighted by atomic mass is 9.99. The standard InChI is InChI=1S/C32H43N3O6/c1-2-19-35(27-7-3-4-8-27)21-28-20-29(24-13-11-23(22-36)12-14-24)41-32(40-28)25-15-17-26(18-16-25)33-30(37)9-5-6-10-31(38)34-39/h2,11-18,27-29,32,36,39H,1,3-10,19-22H2,(H,33,37)(H,34,38)/t28-,29+,32+/m0/s1. The van der Waals surface area contributed by atoms with Crippen LogP contribution in [0.4, 0.5) is 5.69 Å². The van der Waals surface area contributed by atoms with Crippen LogP contribution in [0.3, 0.4) is 0 Å². The lowest BCUT2D eigenvalue weighted by Crippen LogP contribution is -2.43. The Morgan fingerprint density at radius 3 is 2.24 bits per heavy atom. The SMILES string of the molecule is C=CCN(C[C@@H]1C[C@H](c2ccc(CO)cc2)O[C@H](c2ccc(NC(=O)CCCCC(=O)NO)cc2)O1)C1CCCC1. The van der Waals surface area contributed by atoms with E-state index < -0.39 is 12.2 Å². The second-order valence-electron chi connectivity index (χ2n) is 10.9. The maximum absolute atomic E-state index is 12.3. The second kappa shape index (κ2) is 15.8. The van der Waals surface area contributed by atoms with E-state index >= 15 is 0 Å². The third-order valence-corrected chi connectivity index (χ3v) is 7.91. The van der Waals surface area contributed by atoms with E-state index in [1.807, 2.05) is 54.6 Å². The van der Waals surface area contributed by atoms with Crippen molar-refractivity contribution in [3.63, 3.8) is 0 Å². The number of amides is 2. The molecule has 1 heterocycles. The zero-order valence-corrected chi connectivity index (χ0v) is 23.7. The highest BCUT2D eigenvalue weighted by Crippen LogP contribution is 2.39. The Kier molecular flexibility index (Phi) is 11.9. The van der Waals surface area contributed by atoms with E-state index in [-0.39, 0.29) is 37.6 Å². The Labute approximate surface area is 242 Å². The van der Waals surface area contributed by atoms with Gasteiger partial charge in [-0.25, -0.2) is 5.48 Å². The fourth-order valence-corrected chi connectivity index (χ4v) is 5.68. The molecule has 0 aromatic heterocycles. The molecule has 9 heteroatoms. The molecule has 2 fully saturated rings. The van der Waals surface area contributed by atoms with E-state index in [9.17, 15) is 14.7 Å². The van der Waals surface area contributed by atoms with Crippen molar-refractivity contribution in [1.82, 2.24) is 10.4 Å². The van der Waals surface area contributed by atoms with Crippen LogP contribution >= 0.6 is 0 Å². The monoisotopic (exact) mass is 565 g/mol. The summed E-state index contributed by atoms with van der Waals surface area (Å²) in [5, 5.41) is 20.9. The van der Waals surface area contributed by atoms with Crippen LogP contribution in [0.5, 0.6) is 0 Å². The Morgan fingerprint density at radius 2 is 1.61 bits per heavy atom. The summed E-state index contributed by atoms with van der Waals surface area (Å²) >= 11 is 0.